The molecule has 7 fully saturated rings. The van der Waals surface area contributed by atoms with Crippen molar-refractivity contribution in [3.05, 3.63) is 11.6 Å². The van der Waals surface area contributed by atoms with Crippen molar-refractivity contribution < 1.29 is 84.3 Å². The summed E-state index contributed by atoms with van der Waals surface area (Å²) in [5, 5.41) is 107. The van der Waals surface area contributed by atoms with Gasteiger partial charge in [0, 0.05) is 0 Å². The van der Waals surface area contributed by atoms with E-state index in [0.29, 0.717) is 25.2 Å². The molecule has 0 unspecified atom stereocenters. The second-order valence-corrected chi connectivity index (χ2v) is 23.5. The molecular formula is C48H78O17. The lowest BCUT2D eigenvalue weighted by Crippen LogP contribution is -2.68. The number of hydrogen-bond donors (Lipinski definition) is 10. The third kappa shape index (κ3) is 7.81. The highest BCUT2D eigenvalue weighted by Crippen LogP contribution is 2.76. The molecule has 8 rings (SSSR count). The number of aliphatic carboxylic acids is 1. The monoisotopic (exact) mass is 927 g/mol. The number of hydrogen-bond acceptors (Lipinski definition) is 16. The molecule has 0 amide bonds. The van der Waals surface area contributed by atoms with Gasteiger partial charge in [-0.3, -0.25) is 4.79 Å². The maximum absolute atomic E-state index is 13.2. The first-order valence-electron chi connectivity index (χ1n) is 24.2. The predicted octanol–water partition coefficient (Wildman–Crippen LogP) is 1.73. The summed E-state index contributed by atoms with van der Waals surface area (Å²) >= 11 is 0. The summed E-state index contributed by atoms with van der Waals surface area (Å²) in [7, 11) is 0. The van der Waals surface area contributed by atoms with Crippen LogP contribution in [-0.2, 0) is 33.2 Å². The molecule has 0 spiro atoms. The molecule has 3 aliphatic heterocycles. The number of aliphatic hydroxyl groups is 9. The Bertz CT molecular complexity index is 1780. The lowest BCUT2D eigenvalue weighted by Gasteiger charge is -2.71. The van der Waals surface area contributed by atoms with Gasteiger partial charge in [0.2, 0.25) is 0 Å². The van der Waals surface area contributed by atoms with Crippen molar-refractivity contribution in [1.29, 1.82) is 0 Å². The van der Waals surface area contributed by atoms with E-state index in [2.05, 4.69) is 54.5 Å². The van der Waals surface area contributed by atoms with E-state index in [1.807, 2.05) is 0 Å². The molecule has 0 aromatic carbocycles. The van der Waals surface area contributed by atoms with Crippen molar-refractivity contribution in [2.45, 2.75) is 218 Å². The molecule has 23 atom stereocenters. The third-order valence-electron chi connectivity index (χ3n) is 19.3. The average Bonchev–Trinajstić information content (AvgIpc) is 3.24. The molecule has 4 saturated carbocycles. The topological polar surface area (TPSA) is 275 Å². The van der Waals surface area contributed by atoms with Crippen molar-refractivity contribution in [2.75, 3.05) is 13.2 Å². The number of carboxylic acid groups (broad SMARTS) is 1. The molecule has 0 bridgehead atoms. The van der Waals surface area contributed by atoms with E-state index in [9.17, 15) is 55.9 Å². The number of ether oxygens (including phenoxy) is 6. The number of carboxylic acids is 1. The molecule has 0 aromatic heterocycles. The molecule has 0 radical (unpaired) electrons. The van der Waals surface area contributed by atoms with Crippen LogP contribution in [0.1, 0.15) is 120 Å². The van der Waals surface area contributed by atoms with Crippen molar-refractivity contribution >= 4 is 5.97 Å². The summed E-state index contributed by atoms with van der Waals surface area (Å²) in [6, 6.07) is 0. The van der Waals surface area contributed by atoms with Gasteiger partial charge in [-0.2, -0.15) is 0 Å². The van der Waals surface area contributed by atoms with Crippen LogP contribution in [-0.4, -0.2) is 168 Å². The zero-order valence-electron chi connectivity index (χ0n) is 39.4. The summed E-state index contributed by atoms with van der Waals surface area (Å²) < 4.78 is 37.3. The maximum Gasteiger partial charge on any atom is 0.310 e. The van der Waals surface area contributed by atoms with Gasteiger partial charge in [0.25, 0.3) is 0 Å². The van der Waals surface area contributed by atoms with E-state index < -0.39 is 128 Å². The van der Waals surface area contributed by atoms with Gasteiger partial charge in [-0.15, -0.1) is 0 Å². The molecule has 5 aliphatic carbocycles. The van der Waals surface area contributed by atoms with Crippen LogP contribution in [0.25, 0.3) is 0 Å². The zero-order chi connectivity index (χ0) is 47.6. The summed E-state index contributed by atoms with van der Waals surface area (Å²) in [6.45, 7) is 16.3. The first-order chi connectivity index (χ1) is 30.3. The molecule has 3 heterocycles. The van der Waals surface area contributed by atoms with Crippen molar-refractivity contribution in [1.82, 2.24) is 0 Å². The number of rotatable bonds is 9. The first kappa shape index (κ1) is 50.0. The van der Waals surface area contributed by atoms with Crippen LogP contribution in [0.2, 0.25) is 0 Å². The van der Waals surface area contributed by atoms with Gasteiger partial charge < -0.3 is 79.5 Å². The van der Waals surface area contributed by atoms with E-state index in [4.69, 9.17) is 28.4 Å². The van der Waals surface area contributed by atoms with Crippen LogP contribution >= 0.6 is 0 Å². The Morgan fingerprint density at radius 2 is 1.23 bits per heavy atom. The number of fused-ring (bicyclic) bond motifs is 7. The Labute approximate surface area is 382 Å². The summed E-state index contributed by atoms with van der Waals surface area (Å²) in [6.07, 6.45) is -13.6. The van der Waals surface area contributed by atoms with Gasteiger partial charge in [0.15, 0.2) is 18.9 Å². The SMILES string of the molecule is C[C@@H]1O[C@@H](O[C@H]2[C@H](O[C@H]3CC[C@]4(C)[C@H]5CC=C6[C@@H]7CC(C)(C)CC[C@]7(C(=O)O)CC[C@@]6(C)[C@]5(C)CC[C@H]4C3(C)C)O[C@H](CO)[C@@H](O)[C@@H]2O[C@@H]2O[C@H](CO)[C@@H](O)[C@H](O)[C@H]2O)[C@H](O)[C@H](O)[C@H]1O. The molecule has 65 heavy (non-hydrogen) atoms. The molecule has 17 heteroatoms. The third-order valence-corrected chi connectivity index (χ3v) is 19.3. The van der Waals surface area contributed by atoms with Crippen LogP contribution in [0.15, 0.2) is 11.6 Å². The Balaban J connectivity index is 1.09. The van der Waals surface area contributed by atoms with Gasteiger partial charge in [-0.1, -0.05) is 60.1 Å². The van der Waals surface area contributed by atoms with Gasteiger partial charge in [-0.25, -0.2) is 0 Å². The lowest BCUT2D eigenvalue weighted by atomic mass is 9.33. The summed E-state index contributed by atoms with van der Waals surface area (Å²) in [5.74, 6) is -0.190. The average molecular weight is 927 g/mol. The first-order valence-corrected chi connectivity index (χ1v) is 24.2. The summed E-state index contributed by atoms with van der Waals surface area (Å²) in [4.78, 5) is 13.2. The minimum Gasteiger partial charge on any atom is -0.481 e. The van der Waals surface area contributed by atoms with Gasteiger partial charge in [-0.05, 0) is 116 Å². The number of allylic oxidation sites excluding steroid dienone is 2. The highest BCUT2D eigenvalue weighted by Gasteiger charge is 2.70. The second-order valence-electron chi connectivity index (χ2n) is 23.5. The van der Waals surface area contributed by atoms with E-state index in [1.165, 1.54) is 12.5 Å². The molecule has 372 valence electrons. The maximum atomic E-state index is 13.2. The molecule has 0 aromatic rings. The van der Waals surface area contributed by atoms with E-state index >= 15 is 0 Å². The van der Waals surface area contributed by atoms with E-state index in [-0.39, 0.29) is 33.5 Å². The molecule has 3 saturated heterocycles. The van der Waals surface area contributed by atoms with Gasteiger partial charge in [0.1, 0.15) is 67.1 Å². The molecular weight excluding hydrogens is 849 g/mol. The molecule has 8 aliphatic rings. The van der Waals surface area contributed by atoms with Crippen LogP contribution in [0, 0.1) is 50.2 Å². The highest BCUT2D eigenvalue weighted by molar-refractivity contribution is 5.76. The fourth-order valence-corrected chi connectivity index (χ4v) is 15.1. The zero-order valence-corrected chi connectivity index (χ0v) is 39.4. The fraction of sp³-hybridized carbons (Fsp3) is 0.938. The quantitative estimate of drug-likeness (QED) is 0.117. The molecule has 17 nitrogen and oxygen atoms in total. The molecule has 10 N–H and O–H groups in total. The Kier molecular flexibility index (Phi) is 13.4. The minimum atomic E-state index is -1.87. The van der Waals surface area contributed by atoms with Gasteiger partial charge in [0.05, 0.1) is 30.8 Å². The van der Waals surface area contributed by atoms with Crippen molar-refractivity contribution in [3.63, 3.8) is 0 Å². The highest BCUT2D eigenvalue weighted by atomic mass is 16.8. The largest absolute Gasteiger partial charge is 0.481 e. The normalized spacial score (nSPS) is 54.0. The van der Waals surface area contributed by atoms with Crippen LogP contribution in [0.4, 0.5) is 0 Å². The van der Waals surface area contributed by atoms with Crippen molar-refractivity contribution in [3.8, 4) is 0 Å². The second kappa shape index (κ2) is 17.5. The Morgan fingerprint density at radius 1 is 0.646 bits per heavy atom. The van der Waals surface area contributed by atoms with E-state index in [0.717, 1.165) is 44.9 Å². The van der Waals surface area contributed by atoms with Crippen LogP contribution < -0.4 is 0 Å². The minimum absolute atomic E-state index is 0.00322. The van der Waals surface area contributed by atoms with Gasteiger partial charge >= 0.3 is 5.97 Å². The number of carbonyl (C=O) groups is 1. The van der Waals surface area contributed by atoms with Crippen LogP contribution in [0.3, 0.4) is 0 Å². The van der Waals surface area contributed by atoms with Crippen molar-refractivity contribution in [2.24, 2.45) is 50.2 Å². The smallest absolute Gasteiger partial charge is 0.310 e. The standard InChI is InChI=1S/C48H78O17/c1-22-30(51)33(54)35(56)39(60-22)65-38-37(64-40-36(57)34(55)31(52)25(20-49)61-40)32(53)26(21-50)62-41(38)63-29-12-13-45(6)27(44(29,4)5)11-14-47(8)28(45)10-9-23-24-19-43(2,3)15-17-48(24,42(58)59)18-16-46(23,47)7/h9,22,24-41,49-57H,10-21H2,1-8H3,(H,58,59)/t22-,24-,25+,26+,27-,28+,29-,30-,31+,32+,33+,34-,35+,36+,37-,38+,39-,40-,41-,45-,46+,47+,48-/m0/s1. The Morgan fingerprint density at radius 3 is 1.88 bits per heavy atom. The predicted molar refractivity (Wildman–Crippen MR) is 229 cm³/mol. The summed E-state index contributed by atoms with van der Waals surface area (Å²) in [5.41, 5.74) is -0.188. The van der Waals surface area contributed by atoms with E-state index in [1.54, 1.807) is 0 Å². The lowest BCUT2D eigenvalue weighted by molar-refractivity contribution is -0.398. The number of aliphatic hydroxyl groups excluding tert-OH is 9. The fourth-order valence-electron chi connectivity index (χ4n) is 15.1. The van der Waals surface area contributed by atoms with Crippen LogP contribution in [0.5, 0.6) is 0 Å². The Hall–Kier alpha value is -1.39.